The molecule has 0 radical (unpaired) electrons. The quantitative estimate of drug-likeness (QED) is 0.556. The van der Waals surface area contributed by atoms with Gasteiger partial charge in [-0.2, -0.15) is 0 Å². The van der Waals surface area contributed by atoms with Crippen LogP contribution in [0.3, 0.4) is 0 Å². The van der Waals surface area contributed by atoms with Gasteiger partial charge < -0.3 is 0 Å². The van der Waals surface area contributed by atoms with Crippen molar-refractivity contribution in [1.82, 2.24) is 5.09 Å². The maximum atomic E-state index is 11.8. The molecule has 2 bridgehead atoms. The number of nitrogens with two attached hydrogens (primary N) is 3. The van der Waals surface area contributed by atoms with Crippen molar-refractivity contribution in [2.24, 2.45) is 28.3 Å². The van der Waals surface area contributed by atoms with E-state index in [9.17, 15) is 9.13 Å². The summed E-state index contributed by atoms with van der Waals surface area (Å²) in [6.45, 7) is 0. The fourth-order valence-corrected chi connectivity index (χ4v) is 5.33. The predicted octanol–water partition coefficient (Wildman–Crippen LogP) is 0.873. The molecule has 0 aromatic carbocycles. The fraction of sp³-hybridized carbons (Fsp3) is 1.00. The average Bonchev–Trinajstić information content (AvgIpc) is 2.57. The summed E-state index contributed by atoms with van der Waals surface area (Å²) < 4.78 is 27.3. The molecule has 0 aromatic heterocycles. The highest BCUT2D eigenvalue weighted by atomic mass is 31.3. The second kappa shape index (κ2) is 4.18. The van der Waals surface area contributed by atoms with E-state index in [0.717, 1.165) is 19.3 Å². The monoisotopic (exact) mass is 268 g/mol. The minimum absolute atomic E-state index is 0.0705. The van der Waals surface area contributed by atoms with Crippen molar-refractivity contribution < 1.29 is 13.4 Å². The zero-order chi connectivity index (χ0) is 12.0. The lowest BCUT2D eigenvalue weighted by Gasteiger charge is -2.26. The molecule has 2 aliphatic rings. The molecule has 0 spiro atoms. The number of nitrogens with one attached hydrogen (secondary N) is 1. The maximum Gasteiger partial charge on any atom is 0.345 e. The van der Waals surface area contributed by atoms with Gasteiger partial charge in [0.2, 0.25) is 0 Å². The van der Waals surface area contributed by atoms with Crippen molar-refractivity contribution in [3.05, 3.63) is 0 Å². The summed E-state index contributed by atoms with van der Waals surface area (Å²) in [6, 6.07) is 0.0705. The van der Waals surface area contributed by atoms with Gasteiger partial charge in [-0.25, -0.2) is 25.9 Å². The lowest BCUT2D eigenvalue weighted by Crippen LogP contribution is -2.34. The molecule has 4 unspecified atom stereocenters. The maximum absolute atomic E-state index is 11.8. The van der Waals surface area contributed by atoms with E-state index in [1.54, 1.807) is 0 Å². The number of rotatable bonds is 4. The van der Waals surface area contributed by atoms with Gasteiger partial charge in [0.25, 0.3) is 0 Å². The Bertz CT molecular complexity index is 371. The van der Waals surface area contributed by atoms with Crippen LogP contribution in [0.2, 0.25) is 0 Å². The Kier molecular flexibility index (Phi) is 3.32. The van der Waals surface area contributed by atoms with Gasteiger partial charge in [-0.15, -0.1) is 0 Å². The van der Waals surface area contributed by atoms with Crippen molar-refractivity contribution in [3.63, 3.8) is 0 Å². The van der Waals surface area contributed by atoms with E-state index in [1.807, 2.05) is 0 Å². The molecule has 0 amide bonds. The van der Waals surface area contributed by atoms with Crippen LogP contribution < -0.4 is 21.6 Å². The van der Waals surface area contributed by atoms with Crippen LogP contribution >= 0.6 is 15.3 Å². The molecule has 0 aromatic rings. The van der Waals surface area contributed by atoms with Crippen LogP contribution in [-0.2, 0) is 13.4 Å². The van der Waals surface area contributed by atoms with Crippen molar-refractivity contribution >= 4 is 15.3 Å². The van der Waals surface area contributed by atoms with Gasteiger partial charge in [-0.05, 0) is 31.1 Å². The van der Waals surface area contributed by atoms with Crippen LogP contribution in [0.1, 0.15) is 25.7 Å². The van der Waals surface area contributed by atoms with Gasteiger partial charge in [0.05, 0.1) is 0 Å². The van der Waals surface area contributed by atoms with Gasteiger partial charge in [0.1, 0.15) is 0 Å². The summed E-state index contributed by atoms with van der Waals surface area (Å²) in [4.78, 5) is 0. The molecule has 2 aliphatic carbocycles. The average molecular weight is 268 g/mol. The molecule has 4 atom stereocenters. The summed E-state index contributed by atoms with van der Waals surface area (Å²) in [7, 11) is -7.47. The van der Waals surface area contributed by atoms with E-state index in [-0.39, 0.29) is 6.04 Å². The Morgan fingerprint density at radius 1 is 1.12 bits per heavy atom. The normalized spacial score (nSPS) is 37.6. The van der Waals surface area contributed by atoms with E-state index in [1.165, 1.54) is 6.42 Å². The molecule has 94 valence electrons. The van der Waals surface area contributed by atoms with E-state index in [0.29, 0.717) is 11.8 Å². The summed E-state index contributed by atoms with van der Waals surface area (Å²) in [5.74, 6) is 1.17. The van der Waals surface area contributed by atoms with Gasteiger partial charge in [-0.1, -0.05) is 6.42 Å². The Morgan fingerprint density at radius 3 is 2.25 bits per heavy atom. The Morgan fingerprint density at radius 2 is 1.81 bits per heavy atom. The lowest BCUT2D eigenvalue weighted by molar-refractivity contribution is 0.370. The number of fused-ring (bicyclic) bond motifs is 2. The minimum Gasteiger partial charge on any atom is -0.256 e. The standard InChI is InChI=1S/C7H18N4O3P2/c8-15(9,12)14-16(10,13)11-7-4-5-1-2-6(7)3-5/h5-7H,1-4H2,(H4,8,9,12)(H3,10,11,13). The van der Waals surface area contributed by atoms with Gasteiger partial charge in [0.15, 0.2) is 0 Å². The molecule has 2 rings (SSSR count). The highest BCUT2D eigenvalue weighted by molar-refractivity contribution is 7.67. The first-order valence-corrected chi connectivity index (χ1v) is 8.76. The second-order valence-corrected chi connectivity index (χ2v) is 8.13. The summed E-state index contributed by atoms with van der Waals surface area (Å²) in [5, 5.41) is 2.72. The zero-order valence-electron chi connectivity index (χ0n) is 8.91. The summed E-state index contributed by atoms with van der Waals surface area (Å²) in [6.07, 6.45) is 4.42. The Labute approximate surface area is 94.6 Å². The molecule has 0 heterocycles. The number of hydrogen-bond acceptors (Lipinski definition) is 3. The second-order valence-electron chi connectivity index (χ2n) is 4.73. The third-order valence-electron chi connectivity index (χ3n) is 3.33. The van der Waals surface area contributed by atoms with Crippen LogP contribution in [0.4, 0.5) is 0 Å². The molecule has 0 aliphatic heterocycles. The van der Waals surface area contributed by atoms with Gasteiger partial charge in [-0.3, -0.25) is 9.13 Å². The van der Waals surface area contributed by atoms with E-state index >= 15 is 0 Å². The first-order valence-electron chi connectivity index (χ1n) is 5.30. The predicted molar refractivity (Wildman–Crippen MR) is 61.2 cm³/mol. The molecule has 7 nitrogen and oxygen atoms in total. The van der Waals surface area contributed by atoms with E-state index < -0.39 is 15.3 Å². The van der Waals surface area contributed by atoms with Crippen LogP contribution in [0.5, 0.6) is 0 Å². The topological polar surface area (TPSA) is 133 Å². The van der Waals surface area contributed by atoms with Crippen LogP contribution in [0.25, 0.3) is 0 Å². The first-order chi connectivity index (χ1) is 7.25. The zero-order valence-corrected chi connectivity index (χ0v) is 10.7. The summed E-state index contributed by atoms with van der Waals surface area (Å²) >= 11 is 0. The molecule has 16 heavy (non-hydrogen) atoms. The fourth-order valence-electron chi connectivity index (χ4n) is 2.85. The molecular weight excluding hydrogens is 250 g/mol. The molecular formula is C7H18N4O3P2. The largest absolute Gasteiger partial charge is 0.345 e. The van der Waals surface area contributed by atoms with Crippen molar-refractivity contribution in [3.8, 4) is 0 Å². The molecule has 0 saturated heterocycles. The Balaban J connectivity index is 1.94. The third kappa shape index (κ3) is 3.14. The molecule has 2 saturated carbocycles. The lowest BCUT2D eigenvalue weighted by atomic mass is 9.96. The highest BCUT2D eigenvalue weighted by Crippen LogP contribution is 2.52. The van der Waals surface area contributed by atoms with Gasteiger partial charge in [0, 0.05) is 6.04 Å². The summed E-state index contributed by atoms with van der Waals surface area (Å²) in [5.41, 5.74) is 15.4. The first kappa shape index (κ1) is 12.7. The van der Waals surface area contributed by atoms with Crippen LogP contribution in [-0.4, -0.2) is 6.04 Å². The van der Waals surface area contributed by atoms with Gasteiger partial charge >= 0.3 is 15.3 Å². The smallest absolute Gasteiger partial charge is 0.256 e. The highest BCUT2D eigenvalue weighted by Gasteiger charge is 2.42. The Hall–Kier alpha value is 0.260. The third-order valence-corrected chi connectivity index (χ3v) is 6.02. The van der Waals surface area contributed by atoms with E-state index in [2.05, 4.69) is 9.40 Å². The SMILES string of the molecule is NP(N)(=O)OP(N)(=O)NC1CC2CCC1C2. The minimum atomic E-state index is -3.81. The molecule has 7 N–H and O–H groups in total. The van der Waals surface area contributed by atoms with Crippen molar-refractivity contribution in [2.75, 3.05) is 0 Å². The van der Waals surface area contributed by atoms with Crippen LogP contribution in [0, 0.1) is 11.8 Å². The van der Waals surface area contributed by atoms with Crippen LogP contribution in [0.15, 0.2) is 0 Å². The molecule has 9 heteroatoms. The van der Waals surface area contributed by atoms with Crippen molar-refractivity contribution in [2.45, 2.75) is 31.7 Å². The number of hydrogen-bond donors (Lipinski definition) is 4. The van der Waals surface area contributed by atoms with Crippen molar-refractivity contribution in [1.29, 1.82) is 0 Å². The van der Waals surface area contributed by atoms with E-state index in [4.69, 9.17) is 16.5 Å². The molecule has 2 fully saturated rings.